The Balaban J connectivity index is 1.32. The predicted molar refractivity (Wildman–Crippen MR) is 99.1 cm³/mol. The number of rotatable bonds is 4. The fraction of sp³-hybridized carbons (Fsp3) is 0.650. The Morgan fingerprint density at radius 1 is 1.19 bits per heavy atom. The molecule has 1 aliphatic carbocycles. The number of hydrogen-bond acceptors (Lipinski definition) is 5. The van der Waals surface area contributed by atoms with Gasteiger partial charge in [0.25, 0.3) is 5.56 Å². The lowest BCUT2D eigenvalue weighted by molar-refractivity contribution is 0.153. The molecule has 4 rings (SSSR count). The van der Waals surface area contributed by atoms with E-state index in [4.69, 9.17) is 9.40 Å². The second-order valence-electron chi connectivity index (χ2n) is 7.82. The van der Waals surface area contributed by atoms with E-state index in [0.29, 0.717) is 5.92 Å². The molecule has 140 valence electrons. The predicted octanol–water partition coefficient (Wildman–Crippen LogP) is 2.64. The molecule has 26 heavy (non-hydrogen) atoms. The first-order valence-corrected chi connectivity index (χ1v) is 9.82. The fourth-order valence-corrected chi connectivity index (χ4v) is 4.08. The van der Waals surface area contributed by atoms with E-state index in [1.807, 2.05) is 13.8 Å². The van der Waals surface area contributed by atoms with E-state index in [-0.39, 0.29) is 5.56 Å². The molecule has 0 bridgehead atoms. The smallest absolute Gasteiger partial charge is 0.256 e. The molecule has 0 amide bonds. The number of nitrogens with zero attached hydrogens (tertiary/aromatic N) is 4. The summed E-state index contributed by atoms with van der Waals surface area (Å²) in [5.74, 6) is 2.53. The lowest BCUT2D eigenvalue weighted by Gasteiger charge is -2.31. The third-order valence-corrected chi connectivity index (χ3v) is 5.93. The van der Waals surface area contributed by atoms with Gasteiger partial charge in [0.2, 0.25) is 5.89 Å². The van der Waals surface area contributed by atoms with Crippen LogP contribution < -0.4 is 5.56 Å². The molecule has 6 nitrogen and oxygen atoms in total. The van der Waals surface area contributed by atoms with E-state index in [1.54, 1.807) is 10.9 Å². The second kappa shape index (κ2) is 7.35. The van der Waals surface area contributed by atoms with Crippen molar-refractivity contribution in [3.8, 4) is 0 Å². The molecule has 2 aromatic rings. The molecule has 2 aromatic heterocycles. The van der Waals surface area contributed by atoms with Crippen molar-refractivity contribution in [1.29, 1.82) is 0 Å². The zero-order chi connectivity index (χ0) is 18.1. The first kappa shape index (κ1) is 17.5. The van der Waals surface area contributed by atoms with Gasteiger partial charge in [-0.2, -0.15) is 0 Å². The van der Waals surface area contributed by atoms with E-state index >= 15 is 0 Å². The summed E-state index contributed by atoms with van der Waals surface area (Å²) in [5.41, 5.74) is 2.88. The summed E-state index contributed by atoms with van der Waals surface area (Å²) >= 11 is 0. The van der Waals surface area contributed by atoms with Gasteiger partial charge in [0.15, 0.2) is 0 Å². The molecule has 0 unspecified atom stereocenters. The zero-order valence-electron chi connectivity index (χ0n) is 15.8. The summed E-state index contributed by atoms with van der Waals surface area (Å²) in [6.07, 6.45) is 8.47. The van der Waals surface area contributed by atoms with Crippen molar-refractivity contribution in [2.75, 3.05) is 13.1 Å². The van der Waals surface area contributed by atoms with Crippen LogP contribution in [0.15, 0.2) is 15.5 Å². The van der Waals surface area contributed by atoms with E-state index < -0.39 is 0 Å². The van der Waals surface area contributed by atoms with Crippen LogP contribution in [0.25, 0.3) is 0 Å². The minimum absolute atomic E-state index is 0.102. The first-order chi connectivity index (χ1) is 12.6. The maximum atomic E-state index is 12.4. The number of piperidine rings is 1. The van der Waals surface area contributed by atoms with Crippen molar-refractivity contribution < 1.29 is 4.42 Å². The number of fused-ring (bicyclic) bond motifs is 1. The molecule has 0 saturated carbocycles. The lowest BCUT2D eigenvalue weighted by Crippen LogP contribution is -2.36. The zero-order valence-corrected chi connectivity index (χ0v) is 15.8. The molecule has 0 radical (unpaired) electrons. The van der Waals surface area contributed by atoms with Crippen LogP contribution in [-0.2, 0) is 25.9 Å². The molecule has 0 N–H and O–H groups in total. The minimum Gasteiger partial charge on any atom is -0.444 e. The topological polar surface area (TPSA) is 64.2 Å². The largest absolute Gasteiger partial charge is 0.444 e. The highest BCUT2D eigenvalue weighted by Gasteiger charge is 2.23. The summed E-state index contributed by atoms with van der Waals surface area (Å²) in [5, 5.41) is 0. The van der Waals surface area contributed by atoms with E-state index in [0.717, 1.165) is 74.8 Å². The molecule has 1 saturated heterocycles. The quantitative estimate of drug-likeness (QED) is 0.843. The van der Waals surface area contributed by atoms with Crippen LogP contribution in [-0.4, -0.2) is 32.5 Å². The van der Waals surface area contributed by atoms with Crippen molar-refractivity contribution >= 4 is 0 Å². The maximum absolute atomic E-state index is 12.4. The Bertz CT molecular complexity index is 807. The van der Waals surface area contributed by atoms with Gasteiger partial charge in [-0.05, 0) is 65.0 Å². The average Bonchev–Trinajstić information content (AvgIpc) is 3.06. The van der Waals surface area contributed by atoms with Crippen molar-refractivity contribution in [3.05, 3.63) is 45.3 Å². The molecule has 1 aliphatic heterocycles. The number of aryl methyl sites for hydroxylation is 3. The van der Waals surface area contributed by atoms with Crippen LogP contribution in [0.1, 0.15) is 54.3 Å². The summed E-state index contributed by atoms with van der Waals surface area (Å²) in [4.78, 5) is 23.8. The first-order valence-electron chi connectivity index (χ1n) is 9.82. The Labute approximate surface area is 154 Å². The van der Waals surface area contributed by atoms with Crippen LogP contribution >= 0.6 is 0 Å². The van der Waals surface area contributed by atoms with Gasteiger partial charge >= 0.3 is 0 Å². The van der Waals surface area contributed by atoms with Crippen LogP contribution in [0.5, 0.6) is 0 Å². The highest BCUT2D eigenvalue weighted by atomic mass is 16.4. The molecule has 6 heteroatoms. The molecule has 2 aliphatic rings. The molecule has 0 aromatic carbocycles. The van der Waals surface area contributed by atoms with Crippen LogP contribution in [0.4, 0.5) is 0 Å². The van der Waals surface area contributed by atoms with Gasteiger partial charge < -0.3 is 4.42 Å². The molecule has 3 heterocycles. The van der Waals surface area contributed by atoms with Crippen LogP contribution in [0.2, 0.25) is 0 Å². The van der Waals surface area contributed by atoms with E-state index in [9.17, 15) is 4.79 Å². The highest BCUT2D eigenvalue weighted by Crippen LogP contribution is 2.24. The average molecular weight is 356 g/mol. The standard InChI is InChI=1S/C20H28N4O2/c1-14-15(2)21-13-24(20(14)25)11-16-7-9-23(10-8-16)12-19-22-17-5-3-4-6-18(17)26-19/h13,16H,3-12H2,1-2H3. The van der Waals surface area contributed by atoms with Crippen LogP contribution in [0.3, 0.4) is 0 Å². The minimum atomic E-state index is 0.102. The molecular weight excluding hydrogens is 328 g/mol. The third-order valence-electron chi connectivity index (χ3n) is 5.93. The fourth-order valence-electron chi connectivity index (χ4n) is 4.08. The van der Waals surface area contributed by atoms with E-state index in [2.05, 4.69) is 9.88 Å². The molecule has 1 fully saturated rings. The maximum Gasteiger partial charge on any atom is 0.256 e. The van der Waals surface area contributed by atoms with Gasteiger partial charge in [-0.3, -0.25) is 14.3 Å². The lowest BCUT2D eigenvalue weighted by atomic mass is 9.96. The van der Waals surface area contributed by atoms with Crippen LogP contribution in [0, 0.1) is 19.8 Å². The monoisotopic (exact) mass is 356 g/mol. The highest BCUT2D eigenvalue weighted by molar-refractivity contribution is 5.13. The van der Waals surface area contributed by atoms with Crippen molar-refractivity contribution in [3.63, 3.8) is 0 Å². The Morgan fingerprint density at radius 3 is 2.73 bits per heavy atom. The number of likely N-dealkylation sites (tertiary alicyclic amines) is 1. The Hall–Kier alpha value is -1.95. The number of aromatic nitrogens is 3. The van der Waals surface area contributed by atoms with Gasteiger partial charge in [-0.15, -0.1) is 0 Å². The van der Waals surface area contributed by atoms with Gasteiger partial charge in [0.05, 0.1) is 18.6 Å². The van der Waals surface area contributed by atoms with Gasteiger partial charge in [0.1, 0.15) is 5.76 Å². The van der Waals surface area contributed by atoms with Gasteiger partial charge in [0, 0.05) is 24.2 Å². The summed E-state index contributed by atoms with van der Waals surface area (Å²) in [6.45, 7) is 7.40. The Morgan fingerprint density at radius 2 is 1.96 bits per heavy atom. The molecule has 0 atom stereocenters. The van der Waals surface area contributed by atoms with Gasteiger partial charge in [-0.25, -0.2) is 9.97 Å². The summed E-state index contributed by atoms with van der Waals surface area (Å²) in [6, 6.07) is 0. The van der Waals surface area contributed by atoms with Crippen molar-refractivity contribution in [2.45, 2.75) is 65.5 Å². The van der Waals surface area contributed by atoms with Crippen molar-refractivity contribution in [1.82, 2.24) is 19.4 Å². The number of hydrogen-bond donors (Lipinski definition) is 0. The Kier molecular flexibility index (Phi) is 4.94. The third kappa shape index (κ3) is 3.61. The molecular formula is C20H28N4O2. The molecule has 0 spiro atoms. The normalized spacial score (nSPS) is 18.8. The van der Waals surface area contributed by atoms with Crippen molar-refractivity contribution in [2.24, 2.45) is 5.92 Å². The van der Waals surface area contributed by atoms with E-state index in [1.165, 1.54) is 18.5 Å². The SMILES string of the molecule is Cc1ncn(CC2CCN(Cc3nc4c(o3)CCCC4)CC2)c(=O)c1C. The number of oxazole rings is 1. The summed E-state index contributed by atoms with van der Waals surface area (Å²) < 4.78 is 7.75. The van der Waals surface area contributed by atoms with Gasteiger partial charge in [-0.1, -0.05) is 0 Å². The second-order valence-corrected chi connectivity index (χ2v) is 7.82. The summed E-state index contributed by atoms with van der Waals surface area (Å²) in [7, 11) is 0.